The number of nitrogens with zero attached hydrogens (tertiary/aromatic N) is 2. The van der Waals surface area contributed by atoms with Crippen molar-refractivity contribution in [3.8, 4) is 0 Å². The molecule has 1 saturated heterocycles. The molecule has 1 heterocycles. The Morgan fingerprint density at radius 2 is 1.94 bits per heavy atom. The van der Waals surface area contributed by atoms with Crippen LogP contribution in [0.2, 0.25) is 0 Å². The molecule has 1 fully saturated rings. The lowest BCUT2D eigenvalue weighted by Gasteiger charge is -2.27. The molecular weight excluding hydrogens is 234 g/mol. The third-order valence-electron chi connectivity index (χ3n) is 3.14. The molecule has 1 aliphatic rings. The molecule has 0 aliphatic carbocycles. The smallest absolute Gasteiger partial charge is 0.232 e. The van der Waals surface area contributed by atoms with Gasteiger partial charge in [0.2, 0.25) is 5.91 Å². The van der Waals surface area contributed by atoms with Crippen molar-refractivity contribution >= 4 is 17.7 Å². The average Bonchev–Trinajstić information content (AvgIpc) is 2.40. The highest BCUT2D eigenvalue weighted by molar-refractivity contribution is 7.99. The van der Waals surface area contributed by atoms with Gasteiger partial charge < -0.3 is 15.1 Å². The molecule has 0 unspecified atom stereocenters. The summed E-state index contributed by atoms with van der Waals surface area (Å²) >= 11 is 1.76. The number of rotatable bonds is 7. The van der Waals surface area contributed by atoms with E-state index < -0.39 is 0 Å². The second-order valence-electron chi connectivity index (χ2n) is 4.21. The fourth-order valence-corrected chi connectivity index (χ4v) is 2.79. The van der Waals surface area contributed by atoms with Crippen LogP contribution < -0.4 is 5.32 Å². The number of hydrogen-bond donors (Lipinski definition) is 1. The monoisotopic (exact) mass is 259 g/mol. The van der Waals surface area contributed by atoms with Crippen LogP contribution in [0.5, 0.6) is 0 Å². The first-order valence-corrected chi connectivity index (χ1v) is 7.72. The molecule has 1 N–H and O–H groups in total. The Labute approximate surface area is 109 Å². The van der Waals surface area contributed by atoms with E-state index in [1.807, 2.05) is 4.90 Å². The summed E-state index contributed by atoms with van der Waals surface area (Å²) in [7, 11) is 0. The predicted octanol–water partition coefficient (Wildman–Crippen LogP) is 0.493. The number of hydrogen-bond acceptors (Lipinski definition) is 4. The summed E-state index contributed by atoms with van der Waals surface area (Å²) in [5.41, 5.74) is 0. The maximum absolute atomic E-state index is 11.8. The third-order valence-corrected chi connectivity index (χ3v) is 4.06. The summed E-state index contributed by atoms with van der Waals surface area (Å²) in [6.07, 6.45) is 0. The zero-order chi connectivity index (χ0) is 12.5. The Balaban J connectivity index is 2.07. The van der Waals surface area contributed by atoms with E-state index in [4.69, 9.17) is 0 Å². The van der Waals surface area contributed by atoms with Gasteiger partial charge in [-0.15, -0.1) is 0 Å². The molecule has 4 nitrogen and oxygen atoms in total. The zero-order valence-corrected chi connectivity index (χ0v) is 11.9. The lowest BCUT2D eigenvalue weighted by Crippen LogP contribution is -2.47. The van der Waals surface area contributed by atoms with E-state index in [2.05, 4.69) is 24.1 Å². The van der Waals surface area contributed by atoms with Gasteiger partial charge in [0, 0.05) is 38.5 Å². The van der Waals surface area contributed by atoms with Crippen LogP contribution in [0.25, 0.3) is 0 Å². The minimum Gasteiger partial charge on any atom is -0.339 e. The summed E-state index contributed by atoms with van der Waals surface area (Å²) in [4.78, 5) is 16.2. The highest BCUT2D eigenvalue weighted by atomic mass is 32.2. The van der Waals surface area contributed by atoms with E-state index in [9.17, 15) is 4.79 Å². The second kappa shape index (κ2) is 8.78. The van der Waals surface area contributed by atoms with Gasteiger partial charge in [0.05, 0.1) is 5.75 Å². The number of piperazine rings is 1. The van der Waals surface area contributed by atoms with E-state index in [0.717, 1.165) is 51.6 Å². The van der Waals surface area contributed by atoms with Gasteiger partial charge >= 0.3 is 0 Å². The molecule has 5 heteroatoms. The molecule has 0 aromatic heterocycles. The molecule has 17 heavy (non-hydrogen) atoms. The number of carbonyl (C=O) groups is 1. The molecule has 0 aromatic rings. The van der Waals surface area contributed by atoms with E-state index >= 15 is 0 Å². The molecule has 0 radical (unpaired) electrons. The summed E-state index contributed by atoms with van der Waals surface area (Å²) in [5.74, 6) is 2.00. The number of thioether (sulfide) groups is 1. The second-order valence-corrected chi connectivity index (χ2v) is 5.32. The first-order chi connectivity index (χ1) is 8.27. The van der Waals surface area contributed by atoms with Crippen molar-refractivity contribution in [2.24, 2.45) is 0 Å². The molecule has 1 aliphatic heterocycles. The molecule has 0 atom stereocenters. The minimum atomic E-state index is 0.302. The van der Waals surface area contributed by atoms with Crippen molar-refractivity contribution in [1.29, 1.82) is 0 Å². The zero-order valence-electron chi connectivity index (χ0n) is 11.1. The van der Waals surface area contributed by atoms with E-state index in [1.54, 1.807) is 11.8 Å². The summed E-state index contributed by atoms with van der Waals surface area (Å²) in [6, 6.07) is 0. The van der Waals surface area contributed by atoms with Gasteiger partial charge in [-0.1, -0.05) is 13.8 Å². The van der Waals surface area contributed by atoms with Gasteiger partial charge in [0.1, 0.15) is 0 Å². The molecule has 1 amide bonds. The van der Waals surface area contributed by atoms with Crippen LogP contribution in [0.4, 0.5) is 0 Å². The fourth-order valence-electron chi connectivity index (χ4n) is 1.90. The van der Waals surface area contributed by atoms with E-state index in [0.29, 0.717) is 11.7 Å². The lowest BCUT2D eigenvalue weighted by molar-refractivity contribution is -0.128. The molecule has 1 rings (SSSR count). The molecular formula is C12H25N3OS. The number of amides is 1. The largest absolute Gasteiger partial charge is 0.339 e. The summed E-state index contributed by atoms with van der Waals surface area (Å²) < 4.78 is 0. The van der Waals surface area contributed by atoms with Crippen molar-refractivity contribution in [3.05, 3.63) is 0 Å². The van der Waals surface area contributed by atoms with Crippen LogP contribution in [0.3, 0.4) is 0 Å². The van der Waals surface area contributed by atoms with Gasteiger partial charge in [-0.05, 0) is 13.1 Å². The molecule has 0 saturated carbocycles. The Bertz CT molecular complexity index is 216. The molecule has 100 valence electrons. The maximum Gasteiger partial charge on any atom is 0.232 e. The Hall–Kier alpha value is -0.260. The number of nitrogens with one attached hydrogen (secondary N) is 1. The van der Waals surface area contributed by atoms with Gasteiger partial charge in [0.15, 0.2) is 0 Å². The topological polar surface area (TPSA) is 35.6 Å². The fraction of sp³-hybridized carbons (Fsp3) is 0.917. The van der Waals surface area contributed by atoms with Gasteiger partial charge in [-0.3, -0.25) is 4.79 Å². The first-order valence-electron chi connectivity index (χ1n) is 6.56. The molecule has 0 spiro atoms. The minimum absolute atomic E-state index is 0.302. The third kappa shape index (κ3) is 5.75. The summed E-state index contributed by atoms with van der Waals surface area (Å²) in [6.45, 7) is 11.3. The SMILES string of the molecule is CCN(CC)CCSCC(=O)N1CCNCC1. The Kier molecular flexibility index (Phi) is 7.64. The number of carbonyl (C=O) groups excluding carboxylic acids is 1. The van der Waals surface area contributed by atoms with Gasteiger partial charge in [-0.2, -0.15) is 11.8 Å². The van der Waals surface area contributed by atoms with Crippen LogP contribution in [-0.2, 0) is 4.79 Å². The summed E-state index contributed by atoms with van der Waals surface area (Å²) in [5, 5.41) is 3.26. The van der Waals surface area contributed by atoms with Crippen molar-refractivity contribution in [3.63, 3.8) is 0 Å². The lowest BCUT2D eigenvalue weighted by atomic mass is 10.3. The Morgan fingerprint density at radius 3 is 2.53 bits per heavy atom. The standard InChI is InChI=1S/C12H25N3OS/c1-3-14(4-2)9-10-17-11-12(16)15-7-5-13-6-8-15/h13H,3-11H2,1-2H3. The van der Waals surface area contributed by atoms with Crippen molar-refractivity contribution < 1.29 is 4.79 Å². The molecule has 0 aromatic carbocycles. The van der Waals surface area contributed by atoms with E-state index in [-0.39, 0.29) is 0 Å². The van der Waals surface area contributed by atoms with Gasteiger partial charge in [-0.25, -0.2) is 0 Å². The van der Waals surface area contributed by atoms with Crippen molar-refractivity contribution in [2.45, 2.75) is 13.8 Å². The van der Waals surface area contributed by atoms with Crippen molar-refractivity contribution in [2.75, 3.05) is 57.3 Å². The van der Waals surface area contributed by atoms with E-state index in [1.165, 1.54) is 0 Å². The van der Waals surface area contributed by atoms with Gasteiger partial charge in [0.25, 0.3) is 0 Å². The Morgan fingerprint density at radius 1 is 1.29 bits per heavy atom. The van der Waals surface area contributed by atoms with Crippen molar-refractivity contribution in [1.82, 2.24) is 15.1 Å². The average molecular weight is 259 g/mol. The van der Waals surface area contributed by atoms with Crippen LogP contribution in [-0.4, -0.2) is 73.0 Å². The van der Waals surface area contributed by atoms with Crippen LogP contribution in [0.15, 0.2) is 0 Å². The van der Waals surface area contributed by atoms with Crippen LogP contribution in [0, 0.1) is 0 Å². The first kappa shape index (κ1) is 14.8. The van der Waals surface area contributed by atoms with Crippen LogP contribution in [0.1, 0.15) is 13.8 Å². The maximum atomic E-state index is 11.8. The molecule has 0 bridgehead atoms. The van der Waals surface area contributed by atoms with Crippen LogP contribution >= 0.6 is 11.8 Å². The highest BCUT2D eigenvalue weighted by Crippen LogP contribution is 2.04. The normalized spacial score (nSPS) is 16.5. The predicted molar refractivity (Wildman–Crippen MR) is 74.6 cm³/mol. The quantitative estimate of drug-likeness (QED) is 0.675. The highest BCUT2D eigenvalue weighted by Gasteiger charge is 2.15.